The number of carbonyl (C=O) groups excluding carboxylic acids is 1. The number of amides is 1. The molecule has 5 rings (SSSR count). The molecule has 154 valence electrons. The molecule has 3 aromatic carbocycles. The molecule has 1 aliphatic heterocycles. The molecule has 1 N–H and O–H groups in total. The zero-order chi connectivity index (χ0) is 21.5. The van der Waals surface area contributed by atoms with Crippen molar-refractivity contribution in [2.24, 2.45) is 0 Å². The van der Waals surface area contributed by atoms with Gasteiger partial charge in [-0.15, -0.1) is 0 Å². The lowest BCUT2D eigenvalue weighted by atomic mass is 9.94. The lowest BCUT2D eigenvalue weighted by Crippen LogP contribution is -2.29. The number of aromatic amines is 1. The highest BCUT2D eigenvalue weighted by atomic mass is 35.5. The molecule has 5 heteroatoms. The highest BCUT2D eigenvalue weighted by molar-refractivity contribution is 6.30. The number of H-pyrrole nitrogens is 1. The summed E-state index contributed by atoms with van der Waals surface area (Å²) in [5.41, 5.74) is 7.54. The lowest BCUT2D eigenvalue weighted by Gasteiger charge is -2.26. The first-order valence-corrected chi connectivity index (χ1v) is 10.8. The average molecular weight is 428 g/mol. The Morgan fingerprint density at radius 2 is 1.65 bits per heavy atom. The van der Waals surface area contributed by atoms with E-state index in [-0.39, 0.29) is 11.9 Å². The van der Waals surface area contributed by atoms with E-state index in [1.165, 1.54) is 11.1 Å². The molecule has 31 heavy (non-hydrogen) atoms. The van der Waals surface area contributed by atoms with Gasteiger partial charge < -0.3 is 0 Å². The van der Waals surface area contributed by atoms with E-state index in [4.69, 9.17) is 11.6 Å². The van der Waals surface area contributed by atoms with Crippen LogP contribution in [0.3, 0.4) is 0 Å². The molecular weight excluding hydrogens is 406 g/mol. The van der Waals surface area contributed by atoms with Gasteiger partial charge >= 0.3 is 0 Å². The summed E-state index contributed by atoms with van der Waals surface area (Å²) in [5, 5.41) is 8.20. The highest BCUT2D eigenvalue weighted by Gasteiger charge is 2.43. The molecular formula is C26H22ClN3O. The minimum Gasteiger partial charge on any atom is -0.295 e. The summed E-state index contributed by atoms with van der Waals surface area (Å²) < 4.78 is 0. The molecule has 1 atom stereocenters. The van der Waals surface area contributed by atoms with Crippen molar-refractivity contribution in [2.75, 3.05) is 4.90 Å². The summed E-state index contributed by atoms with van der Waals surface area (Å²) >= 11 is 6.11. The predicted molar refractivity (Wildman–Crippen MR) is 125 cm³/mol. The largest absolute Gasteiger partial charge is 0.295 e. The molecule has 4 nitrogen and oxygen atoms in total. The first kappa shape index (κ1) is 19.6. The molecule has 0 saturated carbocycles. The maximum absolute atomic E-state index is 13.5. The van der Waals surface area contributed by atoms with Crippen LogP contribution < -0.4 is 4.90 Å². The van der Waals surface area contributed by atoms with Crippen molar-refractivity contribution in [1.82, 2.24) is 10.2 Å². The number of halogens is 1. The van der Waals surface area contributed by atoms with Crippen molar-refractivity contribution in [2.45, 2.75) is 26.3 Å². The Hall–Kier alpha value is -3.37. The predicted octanol–water partition coefficient (Wildman–Crippen LogP) is 6.35. The first-order valence-electron chi connectivity index (χ1n) is 10.4. The molecule has 4 aromatic rings. The Balaban J connectivity index is 1.70. The Kier molecular flexibility index (Phi) is 4.87. The van der Waals surface area contributed by atoms with Gasteiger partial charge in [0.2, 0.25) is 0 Å². The van der Waals surface area contributed by atoms with Crippen molar-refractivity contribution in [3.8, 4) is 11.3 Å². The zero-order valence-electron chi connectivity index (χ0n) is 17.4. The van der Waals surface area contributed by atoms with E-state index in [2.05, 4.69) is 72.6 Å². The molecule has 1 aromatic heterocycles. The van der Waals surface area contributed by atoms with Crippen molar-refractivity contribution in [1.29, 1.82) is 0 Å². The fourth-order valence-corrected chi connectivity index (χ4v) is 4.32. The number of nitrogens with one attached hydrogen (secondary N) is 1. The van der Waals surface area contributed by atoms with Crippen molar-refractivity contribution in [3.63, 3.8) is 0 Å². The second kappa shape index (κ2) is 7.71. The van der Waals surface area contributed by atoms with Gasteiger partial charge in [-0.2, -0.15) is 5.10 Å². The summed E-state index contributed by atoms with van der Waals surface area (Å²) in [6.45, 7) is 4.19. The van der Waals surface area contributed by atoms with Crippen LogP contribution in [-0.4, -0.2) is 16.1 Å². The third kappa shape index (κ3) is 3.33. The van der Waals surface area contributed by atoms with Gasteiger partial charge in [-0.05, 0) is 48.7 Å². The highest BCUT2D eigenvalue weighted by Crippen LogP contribution is 2.45. The Bertz CT molecular complexity index is 1240. The Morgan fingerprint density at radius 1 is 0.968 bits per heavy atom. The van der Waals surface area contributed by atoms with E-state index in [1.807, 2.05) is 29.2 Å². The first-order chi connectivity index (χ1) is 15.1. The summed E-state index contributed by atoms with van der Waals surface area (Å²) in [7, 11) is 0. The van der Waals surface area contributed by atoms with Crippen LogP contribution in [-0.2, 0) is 6.42 Å². The molecule has 0 radical (unpaired) electrons. The Morgan fingerprint density at radius 3 is 2.29 bits per heavy atom. The molecule has 0 saturated heterocycles. The van der Waals surface area contributed by atoms with Gasteiger partial charge in [-0.25, -0.2) is 0 Å². The van der Waals surface area contributed by atoms with Crippen molar-refractivity contribution in [3.05, 3.63) is 106 Å². The van der Waals surface area contributed by atoms with Gasteiger partial charge in [0.25, 0.3) is 5.91 Å². The normalized spacial score (nSPS) is 15.4. The Labute approximate surface area is 186 Å². The van der Waals surface area contributed by atoms with E-state index in [1.54, 1.807) is 0 Å². The number of rotatable bonds is 4. The molecule has 0 aliphatic carbocycles. The van der Waals surface area contributed by atoms with Gasteiger partial charge in [0.05, 0.1) is 11.7 Å². The number of fused-ring (bicyclic) bond motifs is 1. The van der Waals surface area contributed by atoms with Crippen LogP contribution in [0.5, 0.6) is 0 Å². The lowest BCUT2D eigenvalue weighted by molar-refractivity contribution is 0.0989. The molecule has 0 spiro atoms. The zero-order valence-corrected chi connectivity index (χ0v) is 18.1. The number of anilines is 1. The second-order valence-corrected chi connectivity index (χ2v) is 8.31. The van der Waals surface area contributed by atoms with Crippen molar-refractivity contribution >= 4 is 23.2 Å². The molecule has 0 fully saturated rings. The van der Waals surface area contributed by atoms with Crippen LogP contribution in [0.2, 0.25) is 5.02 Å². The average Bonchev–Trinajstić information content (AvgIpc) is 3.34. The summed E-state index contributed by atoms with van der Waals surface area (Å²) in [5.74, 6) is -0.0900. The number of hydrogen-bond donors (Lipinski definition) is 1. The molecule has 1 aliphatic rings. The standard InChI is InChI=1S/C26H22ClN3O/c1-3-17-6-10-19(11-7-17)25-22-23(18-8-4-16(2)5-9-18)28-29-24(22)26(31)30(25)21-14-12-20(27)13-15-21/h4-15,25H,3H2,1-2H3,(H,28,29)/t25-/m1/s1. The minimum atomic E-state index is -0.273. The number of hydrogen-bond acceptors (Lipinski definition) is 2. The van der Waals surface area contributed by atoms with Gasteiger partial charge in [0, 0.05) is 21.8 Å². The van der Waals surface area contributed by atoms with Gasteiger partial charge in [0.1, 0.15) is 5.69 Å². The number of nitrogens with zero attached hydrogens (tertiary/aromatic N) is 2. The molecule has 0 bridgehead atoms. The monoisotopic (exact) mass is 427 g/mol. The topological polar surface area (TPSA) is 49.0 Å². The van der Waals surface area contributed by atoms with E-state index in [9.17, 15) is 4.79 Å². The van der Waals surface area contributed by atoms with E-state index in [0.29, 0.717) is 10.7 Å². The minimum absolute atomic E-state index is 0.0900. The van der Waals surface area contributed by atoms with Crippen LogP contribution in [0.15, 0.2) is 72.8 Å². The van der Waals surface area contributed by atoms with Crippen LogP contribution in [0.1, 0.15) is 45.7 Å². The number of benzene rings is 3. The van der Waals surface area contributed by atoms with E-state index in [0.717, 1.165) is 34.5 Å². The fourth-order valence-electron chi connectivity index (χ4n) is 4.20. The SMILES string of the molecule is CCc1ccc([C@@H]2c3c(-c4ccc(C)cc4)n[nH]c3C(=O)N2c2ccc(Cl)cc2)cc1. The summed E-state index contributed by atoms with van der Waals surface area (Å²) in [6.07, 6.45) is 0.969. The third-order valence-corrected chi connectivity index (χ3v) is 6.15. The van der Waals surface area contributed by atoms with Crippen molar-refractivity contribution < 1.29 is 4.79 Å². The van der Waals surface area contributed by atoms with Crippen LogP contribution in [0.25, 0.3) is 11.3 Å². The third-order valence-electron chi connectivity index (χ3n) is 5.90. The number of aryl methyl sites for hydroxylation is 2. The molecule has 1 amide bonds. The van der Waals surface area contributed by atoms with E-state index < -0.39 is 0 Å². The molecule has 0 unspecified atom stereocenters. The van der Waals surface area contributed by atoms with Crippen LogP contribution >= 0.6 is 11.6 Å². The van der Waals surface area contributed by atoms with Crippen LogP contribution in [0.4, 0.5) is 5.69 Å². The van der Waals surface area contributed by atoms with Gasteiger partial charge in [0.15, 0.2) is 0 Å². The fraction of sp³-hybridized carbons (Fsp3) is 0.154. The maximum Gasteiger partial charge on any atom is 0.277 e. The van der Waals surface area contributed by atoms with E-state index >= 15 is 0 Å². The number of aromatic nitrogens is 2. The van der Waals surface area contributed by atoms with Gasteiger partial charge in [-0.1, -0.05) is 72.6 Å². The second-order valence-electron chi connectivity index (χ2n) is 7.88. The maximum atomic E-state index is 13.5. The summed E-state index contributed by atoms with van der Waals surface area (Å²) in [4.78, 5) is 15.3. The summed E-state index contributed by atoms with van der Waals surface area (Å²) in [6, 6.07) is 23.8. The van der Waals surface area contributed by atoms with Crippen LogP contribution in [0, 0.1) is 6.92 Å². The number of carbonyl (C=O) groups is 1. The smallest absolute Gasteiger partial charge is 0.277 e. The quantitative estimate of drug-likeness (QED) is 0.412. The molecule has 2 heterocycles. The van der Waals surface area contributed by atoms with Gasteiger partial charge in [-0.3, -0.25) is 14.8 Å².